The molecule has 0 amide bonds. The Balaban J connectivity index is 2.02. The van der Waals surface area contributed by atoms with E-state index in [0.29, 0.717) is 5.56 Å². The van der Waals surface area contributed by atoms with Crippen LogP contribution in [0.4, 0.5) is 0 Å². The molecule has 3 rings (SSSR count). The van der Waals surface area contributed by atoms with Crippen molar-refractivity contribution in [2.75, 3.05) is 0 Å². The Morgan fingerprint density at radius 1 is 1.05 bits per heavy atom. The first-order valence-electron chi connectivity index (χ1n) is 5.98. The number of H-pyrrole nitrogens is 1. The zero-order valence-corrected chi connectivity index (χ0v) is 10.2. The molecule has 90 valence electrons. The van der Waals surface area contributed by atoms with Gasteiger partial charge in [-0.25, -0.2) is 0 Å². The molecule has 0 atom stereocenters. The zero-order chi connectivity index (χ0) is 13.1. The van der Waals surface area contributed by atoms with Crippen molar-refractivity contribution >= 4 is 23.1 Å². The lowest BCUT2D eigenvalue weighted by Crippen LogP contribution is -1.76. The van der Waals surface area contributed by atoms with E-state index >= 15 is 0 Å². The molecule has 1 aromatic heterocycles. The Hall–Kier alpha value is -2.86. The predicted molar refractivity (Wildman–Crippen MR) is 76.2 cm³/mol. The first kappa shape index (κ1) is 11.2. The lowest BCUT2D eigenvalue weighted by molar-refractivity contribution is 1.11. The van der Waals surface area contributed by atoms with Crippen molar-refractivity contribution in [1.29, 1.82) is 5.26 Å². The summed E-state index contributed by atoms with van der Waals surface area (Å²) in [5.74, 6) is 0. The predicted octanol–water partition coefficient (Wildman–Crippen LogP) is 3.60. The first-order valence-corrected chi connectivity index (χ1v) is 5.98. The quantitative estimate of drug-likeness (QED) is 0.749. The molecule has 0 fully saturated rings. The maximum absolute atomic E-state index is 8.93. The van der Waals surface area contributed by atoms with Gasteiger partial charge in [0.25, 0.3) is 0 Å². The third-order valence-corrected chi connectivity index (χ3v) is 2.95. The molecule has 0 saturated heterocycles. The number of nitrogens with zero attached hydrogens (tertiary/aromatic N) is 2. The summed E-state index contributed by atoms with van der Waals surface area (Å²) in [5.41, 5.74) is 3.54. The molecule has 0 saturated carbocycles. The zero-order valence-electron chi connectivity index (χ0n) is 10.2. The summed E-state index contributed by atoms with van der Waals surface area (Å²) in [6, 6.07) is 17.7. The van der Waals surface area contributed by atoms with E-state index in [9.17, 15) is 0 Å². The Labute approximate surface area is 110 Å². The second-order valence-electron chi connectivity index (χ2n) is 4.23. The first-order chi connectivity index (χ1) is 9.36. The summed E-state index contributed by atoms with van der Waals surface area (Å²) in [5, 5.41) is 17.1. The van der Waals surface area contributed by atoms with Gasteiger partial charge in [0.15, 0.2) is 0 Å². The van der Waals surface area contributed by atoms with Gasteiger partial charge in [-0.15, -0.1) is 0 Å². The van der Waals surface area contributed by atoms with Crippen molar-refractivity contribution < 1.29 is 0 Å². The lowest BCUT2D eigenvalue weighted by atomic mass is 10.1. The molecule has 3 aromatic rings. The van der Waals surface area contributed by atoms with Crippen LogP contribution in [-0.2, 0) is 0 Å². The van der Waals surface area contributed by atoms with Gasteiger partial charge >= 0.3 is 0 Å². The lowest BCUT2D eigenvalue weighted by Gasteiger charge is -1.92. The Bertz CT molecular complexity index is 777. The van der Waals surface area contributed by atoms with E-state index in [1.54, 1.807) is 6.07 Å². The number of fused-ring (bicyclic) bond motifs is 1. The SMILES string of the molecule is N#Cc1ccc2[nH]nc(C=Cc3ccccc3)c2c1. The topological polar surface area (TPSA) is 52.5 Å². The van der Waals surface area contributed by atoms with Crippen molar-refractivity contribution in [2.24, 2.45) is 0 Å². The molecule has 0 aliphatic heterocycles. The van der Waals surface area contributed by atoms with Gasteiger partial charge < -0.3 is 0 Å². The third kappa shape index (κ3) is 2.24. The highest BCUT2D eigenvalue weighted by atomic mass is 15.1. The fourth-order valence-electron chi connectivity index (χ4n) is 1.97. The minimum atomic E-state index is 0.642. The van der Waals surface area contributed by atoms with Crippen LogP contribution >= 0.6 is 0 Å². The van der Waals surface area contributed by atoms with Crippen molar-refractivity contribution in [1.82, 2.24) is 10.2 Å². The van der Waals surface area contributed by atoms with Crippen LogP contribution in [0.3, 0.4) is 0 Å². The summed E-state index contributed by atoms with van der Waals surface area (Å²) in [4.78, 5) is 0. The molecule has 0 spiro atoms. The van der Waals surface area contributed by atoms with E-state index in [-0.39, 0.29) is 0 Å². The van der Waals surface area contributed by atoms with Crippen LogP contribution in [0.5, 0.6) is 0 Å². The summed E-state index contributed by atoms with van der Waals surface area (Å²) < 4.78 is 0. The number of benzene rings is 2. The van der Waals surface area contributed by atoms with E-state index in [0.717, 1.165) is 22.2 Å². The highest BCUT2D eigenvalue weighted by molar-refractivity contribution is 5.90. The Morgan fingerprint density at radius 3 is 2.68 bits per heavy atom. The molecule has 0 radical (unpaired) electrons. The van der Waals surface area contributed by atoms with Crippen LogP contribution in [0.1, 0.15) is 16.8 Å². The molecule has 1 heterocycles. The van der Waals surface area contributed by atoms with Crippen molar-refractivity contribution in [2.45, 2.75) is 0 Å². The van der Waals surface area contributed by atoms with Gasteiger partial charge in [0.05, 0.1) is 22.8 Å². The van der Waals surface area contributed by atoms with Gasteiger partial charge in [-0.05, 0) is 29.8 Å². The van der Waals surface area contributed by atoms with Crippen LogP contribution in [0.25, 0.3) is 23.1 Å². The maximum Gasteiger partial charge on any atom is 0.0991 e. The van der Waals surface area contributed by atoms with E-state index in [1.165, 1.54) is 0 Å². The smallest absolute Gasteiger partial charge is 0.0991 e. The Morgan fingerprint density at radius 2 is 1.89 bits per heavy atom. The number of nitrogens with one attached hydrogen (secondary N) is 1. The van der Waals surface area contributed by atoms with E-state index in [1.807, 2.05) is 54.6 Å². The number of rotatable bonds is 2. The van der Waals surface area contributed by atoms with E-state index in [4.69, 9.17) is 5.26 Å². The van der Waals surface area contributed by atoms with Gasteiger partial charge in [-0.1, -0.05) is 36.4 Å². The molecule has 0 aliphatic rings. The number of aromatic amines is 1. The largest absolute Gasteiger partial charge is 0.277 e. The molecule has 3 heteroatoms. The molecule has 1 N–H and O–H groups in total. The molecule has 0 bridgehead atoms. The number of hydrogen-bond acceptors (Lipinski definition) is 2. The van der Waals surface area contributed by atoms with Crippen LogP contribution in [0, 0.1) is 11.3 Å². The average molecular weight is 245 g/mol. The van der Waals surface area contributed by atoms with Crippen molar-refractivity contribution in [3.8, 4) is 6.07 Å². The monoisotopic (exact) mass is 245 g/mol. The summed E-state index contributed by atoms with van der Waals surface area (Å²) >= 11 is 0. The van der Waals surface area contributed by atoms with Gasteiger partial charge in [-0.2, -0.15) is 10.4 Å². The normalized spacial score (nSPS) is 10.9. The standard InChI is InChI=1S/C16H11N3/c17-11-13-7-9-16-14(10-13)15(18-19-16)8-6-12-4-2-1-3-5-12/h1-10H,(H,18,19). The second kappa shape index (κ2) is 4.79. The highest BCUT2D eigenvalue weighted by Gasteiger charge is 2.03. The van der Waals surface area contributed by atoms with Crippen molar-refractivity contribution in [3.63, 3.8) is 0 Å². The fourth-order valence-corrected chi connectivity index (χ4v) is 1.97. The van der Waals surface area contributed by atoms with Crippen molar-refractivity contribution in [3.05, 3.63) is 65.4 Å². The van der Waals surface area contributed by atoms with Crippen LogP contribution in [-0.4, -0.2) is 10.2 Å². The van der Waals surface area contributed by atoms with Gasteiger partial charge in [0, 0.05) is 5.39 Å². The third-order valence-electron chi connectivity index (χ3n) is 2.95. The van der Waals surface area contributed by atoms with Crippen LogP contribution in [0.15, 0.2) is 48.5 Å². The summed E-state index contributed by atoms with van der Waals surface area (Å²) in [6.45, 7) is 0. The minimum Gasteiger partial charge on any atom is -0.277 e. The Kier molecular flexibility index (Phi) is 2.83. The van der Waals surface area contributed by atoms with Crippen LogP contribution < -0.4 is 0 Å². The molecule has 2 aromatic carbocycles. The molecular weight excluding hydrogens is 234 g/mol. The number of hydrogen-bond donors (Lipinski definition) is 1. The minimum absolute atomic E-state index is 0.642. The fraction of sp³-hybridized carbons (Fsp3) is 0. The second-order valence-corrected chi connectivity index (χ2v) is 4.23. The number of aromatic nitrogens is 2. The van der Waals surface area contributed by atoms with Gasteiger partial charge in [0.1, 0.15) is 0 Å². The molecular formula is C16H11N3. The highest BCUT2D eigenvalue weighted by Crippen LogP contribution is 2.19. The van der Waals surface area contributed by atoms with Gasteiger partial charge in [-0.3, -0.25) is 5.10 Å². The maximum atomic E-state index is 8.93. The van der Waals surface area contributed by atoms with E-state index in [2.05, 4.69) is 16.3 Å². The molecule has 19 heavy (non-hydrogen) atoms. The average Bonchev–Trinajstić information content (AvgIpc) is 2.88. The van der Waals surface area contributed by atoms with Gasteiger partial charge in [0.2, 0.25) is 0 Å². The summed E-state index contributed by atoms with van der Waals surface area (Å²) in [7, 11) is 0. The molecule has 0 unspecified atom stereocenters. The van der Waals surface area contributed by atoms with E-state index < -0.39 is 0 Å². The molecule has 3 nitrogen and oxygen atoms in total. The summed E-state index contributed by atoms with van der Waals surface area (Å²) in [6.07, 6.45) is 3.96. The van der Waals surface area contributed by atoms with Crippen LogP contribution in [0.2, 0.25) is 0 Å². The number of nitriles is 1. The molecule has 0 aliphatic carbocycles.